The molecule has 0 aromatic heterocycles. The molecule has 27 heavy (non-hydrogen) atoms. The lowest BCUT2D eigenvalue weighted by Crippen LogP contribution is -2.28. The van der Waals surface area contributed by atoms with Gasteiger partial charge in [0.05, 0.1) is 6.54 Å². The Hall–Kier alpha value is -2.95. The van der Waals surface area contributed by atoms with Gasteiger partial charge in [-0.25, -0.2) is 0 Å². The van der Waals surface area contributed by atoms with Crippen molar-refractivity contribution in [3.8, 4) is 0 Å². The first kappa shape index (κ1) is 18.8. The highest BCUT2D eigenvalue weighted by Gasteiger charge is 2.28. The van der Waals surface area contributed by atoms with E-state index < -0.39 is 0 Å². The lowest BCUT2D eigenvalue weighted by atomic mass is 9.86. The number of likely N-dealkylation sites (tertiary alicyclic amines) is 1. The fourth-order valence-corrected chi connectivity index (χ4v) is 3.18. The van der Waals surface area contributed by atoms with E-state index in [2.05, 4.69) is 26.1 Å². The Labute approximate surface area is 159 Å². The molecule has 2 aromatic carbocycles. The van der Waals surface area contributed by atoms with Crippen LogP contribution in [-0.2, 0) is 21.5 Å². The third kappa shape index (κ3) is 4.25. The summed E-state index contributed by atoms with van der Waals surface area (Å²) in [6, 6.07) is 14.8. The van der Waals surface area contributed by atoms with Gasteiger partial charge in [-0.1, -0.05) is 51.1 Å². The van der Waals surface area contributed by atoms with Gasteiger partial charge in [0, 0.05) is 24.1 Å². The molecule has 1 aliphatic heterocycles. The molecule has 1 fully saturated rings. The van der Waals surface area contributed by atoms with Gasteiger partial charge in [-0.3, -0.25) is 19.3 Å². The quantitative estimate of drug-likeness (QED) is 0.837. The number of hydrogen-bond donors (Lipinski definition) is 1. The molecular weight excluding hydrogens is 340 g/mol. The molecule has 1 aliphatic rings. The molecule has 1 heterocycles. The molecule has 3 rings (SSSR count). The van der Waals surface area contributed by atoms with Gasteiger partial charge in [0.25, 0.3) is 5.91 Å². The van der Waals surface area contributed by atoms with Crippen LogP contribution in [0.25, 0.3) is 0 Å². The molecule has 0 spiro atoms. The first-order chi connectivity index (χ1) is 12.8. The number of nitrogens with zero attached hydrogens (tertiary/aromatic N) is 1. The number of rotatable bonds is 4. The molecule has 0 saturated carbocycles. The van der Waals surface area contributed by atoms with Crippen molar-refractivity contribution in [2.75, 3.05) is 5.32 Å². The summed E-state index contributed by atoms with van der Waals surface area (Å²) in [5.41, 5.74) is 3.14. The molecule has 0 atom stereocenters. The number of imide groups is 1. The van der Waals surface area contributed by atoms with Crippen molar-refractivity contribution in [1.82, 2.24) is 4.90 Å². The summed E-state index contributed by atoms with van der Waals surface area (Å²) < 4.78 is 0. The molecule has 1 N–H and O–H groups in total. The number of amides is 3. The smallest absolute Gasteiger partial charge is 0.255 e. The van der Waals surface area contributed by atoms with Gasteiger partial charge in [-0.05, 0) is 34.7 Å². The largest absolute Gasteiger partial charge is 0.322 e. The van der Waals surface area contributed by atoms with Crippen LogP contribution in [0.2, 0.25) is 0 Å². The van der Waals surface area contributed by atoms with Gasteiger partial charge in [-0.2, -0.15) is 0 Å². The number of para-hydroxylation sites is 1. The monoisotopic (exact) mass is 364 g/mol. The summed E-state index contributed by atoms with van der Waals surface area (Å²) in [6.07, 6.45) is 0.568. The van der Waals surface area contributed by atoms with Crippen LogP contribution in [0.1, 0.15) is 55.1 Å². The van der Waals surface area contributed by atoms with E-state index in [1.54, 1.807) is 24.3 Å². The van der Waals surface area contributed by atoms with Crippen molar-refractivity contribution < 1.29 is 14.4 Å². The molecule has 2 aromatic rings. The predicted molar refractivity (Wildman–Crippen MR) is 104 cm³/mol. The van der Waals surface area contributed by atoms with Gasteiger partial charge in [-0.15, -0.1) is 0 Å². The third-order valence-corrected chi connectivity index (χ3v) is 4.69. The highest BCUT2D eigenvalue weighted by atomic mass is 16.2. The number of anilines is 1. The normalized spacial score (nSPS) is 14.6. The van der Waals surface area contributed by atoms with Crippen LogP contribution in [0.15, 0.2) is 48.5 Å². The van der Waals surface area contributed by atoms with Crippen LogP contribution in [0, 0.1) is 0 Å². The molecule has 3 amide bonds. The fourth-order valence-electron chi connectivity index (χ4n) is 3.18. The number of carbonyl (C=O) groups excluding carboxylic acids is 3. The molecule has 0 bridgehead atoms. The zero-order valence-corrected chi connectivity index (χ0v) is 15.9. The summed E-state index contributed by atoms with van der Waals surface area (Å²) in [5, 5.41) is 2.98. The standard InChI is InChI=1S/C22H24N2O3/c1-22(2,3)17-6-4-5-7-18(17)23-21(27)16-10-8-15(9-11-16)14-24-19(25)12-13-20(24)26/h4-11H,12-14H2,1-3H3,(H,23,27). The van der Waals surface area contributed by atoms with Crippen molar-refractivity contribution in [2.24, 2.45) is 0 Å². The third-order valence-electron chi connectivity index (χ3n) is 4.69. The molecular formula is C22H24N2O3. The average molecular weight is 364 g/mol. The molecule has 0 aliphatic carbocycles. The van der Waals surface area contributed by atoms with Gasteiger partial charge in [0.15, 0.2) is 0 Å². The Morgan fingerprint density at radius 1 is 0.963 bits per heavy atom. The van der Waals surface area contributed by atoms with E-state index in [4.69, 9.17) is 0 Å². The van der Waals surface area contributed by atoms with E-state index in [1.165, 1.54) is 4.90 Å². The van der Waals surface area contributed by atoms with Gasteiger partial charge in [0.1, 0.15) is 0 Å². The Bertz CT molecular complexity index is 863. The first-order valence-electron chi connectivity index (χ1n) is 9.09. The number of nitrogens with one attached hydrogen (secondary N) is 1. The summed E-state index contributed by atoms with van der Waals surface area (Å²) in [7, 11) is 0. The second-order valence-corrected chi connectivity index (χ2v) is 7.82. The van der Waals surface area contributed by atoms with Crippen LogP contribution < -0.4 is 5.32 Å². The van der Waals surface area contributed by atoms with Crippen LogP contribution >= 0.6 is 0 Å². The van der Waals surface area contributed by atoms with Crippen molar-refractivity contribution in [3.05, 3.63) is 65.2 Å². The zero-order valence-electron chi connectivity index (χ0n) is 15.9. The number of carbonyl (C=O) groups is 3. The number of benzene rings is 2. The highest BCUT2D eigenvalue weighted by molar-refractivity contribution is 6.05. The van der Waals surface area contributed by atoms with E-state index in [-0.39, 0.29) is 42.5 Å². The average Bonchev–Trinajstić information content (AvgIpc) is 2.94. The van der Waals surface area contributed by atoms with E-state index in [0.29, 0.717) is 5.56 Å². The topological polar surface area (TPSA) is 66.5 Å². The van der Waals surface area contributed by atoms with Crippen LogP contribution in [0.3, 0.4) is 0 Å². The van der Waals surface area contributed by atoms with E-state index >= 15 is 0 Å². The fraction of sp³-hybridized carbons (Fsp3) is 0.318. The van der Waals surface area contributed by atoms with Crippen molar-refractivity contribution in [3.63, 3.8) is 0 Å². The van der Waals surface area contributed by atoms with E-state index in [0.717, 1.165) is 16.8 Å². The minimum atomic E-state index is -0.188. The van der Waals surface area contributed by atoms with E-state index in [1.807, 2.05) is 24.3 Å². The Morgan fingerprint density at radius 3 is 2.15 bits per heavy atom. The number of hydrogen-bond acceptors (Lipinski definition) is 3. The Balaban J connectivity index is 1.72. The highest BCUT2D eigenvalue weighted by Crippen LogP contribution is 2.29. The second kappa shape index (κ2) is 7.35. The summed E-state index contributed by atoms with van der Waals surface area (Å²) in [4.78, 5) is 37.3. The SMILES string of the molecule is CC(C)(C)c1ccccc1NC(=O)c1ccc(CN2C(=O)CCC2=O)cc1. The van der Waals surface area contributed by atoms with Gasteiger partial charge < -0.3 is 5.32 Å². The van der Waals surface area contributed by atoms with Crippen molar-refractivity contribution in [1.29, 1.82) is 0 Å². The lowest BCUT2D eigenvalue weighted by molar-refractivity contribution is -0.139. The molecule has 1 saturated heterocycles. The molecule has 5 nitrogen and oxygen atoms in total. The minimum Gasteiger partial charge on any atom is -0.322 e. The predicted octanol–water partition coefficient (Wildman–Crippen LogP) is 3.89. The Kier molecular flexibility index (Phi) is 5.13. The maximum atomic E-state index is 12.6. The molecule has 5 heteroatoms. The van der Waals surface area contributed by atoms with Gasteiger partial charge in [0.2, 0.25) is 11.8 Å². The lowest BCUT2D eigenvalue weighted by Gasteiger charge is -2.23. The molecule has 0 unspecified atom stereocenters. The van der Waals surface area contributed by atoms with E-state index in [9.17, 15) is 14.4 Å². The zero-order chi connectivity index (χ0) is 19.6. The molecule has 0 radical (unpaired) electrons. The van der Waals surface area contributed by atoms with Gasteiger partial charge >= 0.3 is 0 Å². The van der Waals surface area contributed by atoms with Crippen LogP contribution in [-0.4, -0.2) is 22.6 Å². The van der Waals surface area contributed by atoms with Crippen molar-refractivity contribution in [2.45, 2.75) is 45.6 Å². The summed E-state index contributed by atoms with van der Waals surface area (Å²) in [5.74, 6) is -0.465. The van der Waals surface area contributed by atoms with Crippen LogP contribution in [0.5, 0.6) is 0 Å². The maximum Gasteiger partial charge on any atom is 0.255 e. The maximum absolute atomic E-state index is 12.6. The van der Waals surface area contributed by atoms with Crippen molar-refractivity contribution >= 4 is 23.4 Å². The first-order valence-corrected chi connectivity index (χ1v) is 9.09. The summed E-state index contributed by atoms with van der Waals surface area (Å²) in [6.45, 7) is 6.57. The second-order valence-electron chi connectivity index (χ2n) is 7.82. The molecule has 140 valence electrons. The Morgan fingerprint density at radius 2 is 1.56 bits per heavy atom. The summed E-state index contributed by atoms with van der Waals surface area (Å²) >= 11 is 0. The van der Waals surface area contributed by atoms with Crippen LogP contribution in [0.4, 0.5) is 5.69 Å². The minimum absolute atomic E-state index is 0.0808.